The van der Waals surface area contributed by atoms with E-state index in [9.17, 15) is 0 Å². The van der Waals surface area contributed by atoms with Gasteiger partial charge in [0, 0.05) is 0 Å². The van der Waals surface area contributed by atoms with E-state index in [2.05, 4.69) is 0 Å². The zero-order valence-corrected chi connectivity index (χ0v) is 9.30. The first kappa shape index (κ1) is 16.0. The Bertz CT molecular complexity index is 57.8. The molecule has 0 saturated carbocycles. The molecule has 0 aliphatic carbocycles. The van der Waals surface area contributed by atoms with Gasteiger partial charge in [0.15, 0.2) is 0 Å². The fraction of sp³-hybridized carbons (Fsp3) is 0. The molecule has 0 saturated heterocycles. The number of hydrogen-bond acceptors (Lipinski definition) is 1. The van der Waals surface area contributed by atoms with E-state index in [1.165, 1.54) is 0 Å². The molecule has 4 nitrogen and oxygen atoms in total. The molecular formula is H8InO4PPb. The Morgan fingerprint density at radius 3 is 1.14 bits per heavy atom. The van der Waals surface area contributed by atoms with Crippen molar-refractivity contribution in [1.29, 1.82) is 0 Å². The number of rotatable bonds is 0. The Morgan fingerprint density at radius 1 is 1.14 bits per heavy atom. The molecule has 0 unspecified atom stereocenters. The van der Waals surface area contributed by atoms with Gasteiger partial charge < -0.3 is 14.7 Å². The van der Waals surface area contributed by atoms with Gasteiger partial charge in [-0.15, -0.1) is 0 Å². The molecule has 0 fully saturated rings. The van der Waals surface area contributed by atoms with Gasteiger partial charge in [-0.2, -0.15) is 0 Å². The van der Waals surface area contributed by atoms with E-state index in [1.807, 2.05) is 0 Å². The van der Waals surface area contributed by atoms with Crippen molar-refractivity contribution in [1.82, 2.24) is 0 Å². The second-order valence-electron chi connectivity index (χ2n) is 0.513. The van der Waals surface area contributed by atoms with E-state index in [-0.39, 0.29) is 53.1 Å². The molecule has 0 atom stereocenters. The van der Waals surface area contributed by atoms with Crippen LogP contribution >= 0.6 is 7.82 Å². The van der Waals surface area contributed by atoms with Gasteiger partial charge in [0.05, 0.1) is 0 Å². The first-order valence-corrected chi connectivity index (χ1v) is 2.35. The predicted octanol–water partition coefficient (Wildman–Crippen LogP) is -3.03. The normalized spacial score (nSPS) is 8.43. The predicted molar refractivity (Wildman–Crippen MR) is 32.7 cm³/mol. The van der Waals surface area contributed by atoms with Gasteiger partial charge in [-0.1, -0.05) is 0 Å². The Morgan fingerprint density at radius 2 is 1.14 bits per heavy atom. The van der Waals surface area contributed by atoms with E-state index in [1.54, 1.807) is 0 Å². The Kier molecular flexibility index (Phi) is 13.7. The molecule has 0 aromatic heterocycles. The van der Waals surface area contributed by atoms with Gasteiger partial charge in [-0.25, -0.2) is 4.57 Å². The molecule has 2 radical (unpaired) electrons. The summed E-state index contributed by atoms with van der Waals surface area (Å²) in [6, 6.07) is 0. The van der Waals surface area contributed by atoms with E-state index < -0.39 is 7.82 Å². The van der Waals surface area contributed by atoms with Crippen LogP contribution in [0.3, 0.4) is 0 Å². The number of hydrogen-bond donors (Lipinski definition) is 3. The van der Waals surface area contributed by atoms with Crippen LogP contribution in [0.1, 0.15) is 0 Å². The van der Waals surface area contributed by atoms with Crippen LogP contribution in [0.5, 0.6) is 0 Å². The third kappa shape index (κ3) is 76.1. The number of phosphoric acid groups is 1. The zero-order chi connectivity index (χ0) is 4.50. The summed E-state index contributed by atoms with van der Waals surface area (Å²) < 4.78 is 8.88. The minimum atomic E-state index is -4.64. The zero-order valence-electron chi connectivity index (χ0n) is 2.90. The monoisotopic (exact) mass is 426 g/mol. The minimum absolute atomic E-state index is 0. The van der Waals surface area contributed by atoms with Crippen LogP contribution in [-0.4, -0.2) is 67.8 Å². The molecule has 7 heavy (non-hydrogen) atoms. The van der Waals surface area contributed by atoms with Crippen molar-refractivity contribution in [2.24, 2.45) is 0 Å². The standard InChI is InChI=1S/In.H3O4P.Pb.5H/c;1-5(2,3)4;;;;;;/h;(H3,1,2,3,4);;;;;;. The van der Waals surface area contributed by atoms with Crippen LogP contribution in [-0.2, 0) is 4.57 Å². The summed E-state index contributed by atoms with van der Waals surface area (Å²) in [6.45, 7) is 0. The SMILES string of the molecule is O=P(O)(O)O.[InH3].[PbH2]. The summed E-state index contributed by atoms with van der Waals surface area (Å²) in [6.07, 6.45) is 0. The molecule has 44 valence electrons. The van der Waals surface area contributed by atoms with Crippen molar-refractivity contribution in [3.8, 4) is 0 Å². The van der Waals surface area contributed by atoms with Crippen molar-refractivity contribution in [3.63, 3.8) is 0 Å². The summed E-state index contributed by atoms with van der Waals surface area (Å²) >= 11 is 0. The Labute approximate surface area is 79.5 Å². The molecule has 0 aromatic rings. The Balaban J connectivity index is -0.0000000800. The second kappa shape index (κ2) is 6.03. The summed E-state index contributed by atoms with van der Waals surface area (Å²) in [7, 11) is -4.64. The summed E-state index contributed by atoms with van der Waals surface area (Å²) in [4.78, 5) is 21.6. The summed E-state index contributed by atoms with van der Waals surface area (Å²) in [5.41, 5.74) is 0. The van der Waals surface area contributed by atoms with Crippen LogP contribution in [0.2, 0.25) is 0 Å². The van der Waals surface area contributed by atoms with Crippen molar-refractivity contribution >= 4 is 61.0 Å². The summed E-state index contributed by atoms with van der Waals surface area (Å²) in [5, 5.41) is 0. The van der Waals surface area contributed by atoms with Gasteiger partial charge in [-0.3, -0.25) is 0 Å². The van der Waals surface area contributed by atoms with Crippen LogP contribution < -0.4 is 0 Å². The third-order valence-electron chi connectivity index (χ3n) is 0. The third-order valence-corrected chi connectivity index (χ3v) is 0. The molecule has 0 aliphatic heterocycles. The summed E-state index contributed by atoms with van der Waals surface area (Å²) in [5.74, 6) is 0. The van der Waals surface area contributed by atoms with Crippen molar-refractivity contribution < 1.29 is 19.2 Å². The molecule has 0 aliphatic rings. The maximum absolute atomic E-state index is 8.88. The van der Waals surface area contributed by atoms with Crippen molar-refractivity contribution in [2.75, 3.05) is 0 Å². The van der Waals surface area contributed by atoms with Gasteiger partial charge >= 0.3 is 61.0 Å². The second-order valence-corrected chi connectivity index (χ2v) is 1.54. The van der Waals surface area contributed by atoms with Crippen molar-refractivity contribution in [2.45, 2.75) is 0 Å². The molecule has 0 amide bonds. The van der Waals surface area contributed by atoms with E-state index in [0.717, 1.165) is 0 Å². The van der Waals surface area contributed by atoms with E-state index >= 15 is 0 Å². The quantitative estimate of drug-likeness (QED) is 0.285. The molecule has 0 spiro atoms. The average molecular weight is 425 g/mol. The first-order chi connectivity index (χ1) is 2.00. The van der Waals surface area contributed by atoms with Crippen molar-refractivity contribution in [3.05, 3.63) is 0 Å². The van der Waals surface area contributed by atoms with Crippen LogP contribution in [0.4, 0.5) is 0 Å². The maximum atomic E-state index is 8.88. The van der Waals surface area contributed by atoms with Gasteiger partial charge in [0.25, 0.3) is 0 Å². The van der Waals surface area contributed by atoms with Crippen LogP contribution in [0.25, 0.3) is 0 Å². The molecular weight excluding hydrogens is 417 g/mol. The molecule has 7 heteroatoms. The molecule has 0 heterocycles. The average Bonchev–Trinajstić information content (AvgIpc) is 0.722. The fourth-order valence-electron chi connectivity index (χ4n) is 0. The van der Waals surface area contributed by atoms with Gasteiger partial charge in [0.2, 0.25) is 0 Å². The van der Waals surface area contributed by atoms with Gasteiger partial charge in [0.1, 0.15) is 0 Å². The first-order valence-electron chi connectivity index (χ1n) is 0.783. The topological polar surface area (TPSA) is 77.8 Å². The molecule has 3 N–H and O–H groups in total. The Hall–Kier alpha value is 1.90. The van der Waals surface area contributed by atoms with Gasteiger partial charge in [-0.05, 0) is 0 Å². The molecule has 0 aromatic carbocycles. The molecule has 0 bridgehead atoms. The van der Waals surface area contributed by atoms with E-state index in [0.29, 0.717) is 0 Å². The molecule has 0 rings (SSSR count). The fourth-order valence-corrected chi connectivity index (χ4v) is 0. The van der Waals surface area contributed by atoms with E-state index in [4.69, 9.17) is 19.2 Å². The van der Waals surface area contributed by atoms with Crippen LogP contribution in [0.15, 0.2) is 0 Å². The van der Waals surface area contributed by atoms with Crippen LogP contribution in [0, 0.1) is 0 Å².